The molecule has 0 saturated heterocycles. The van der Waals surface area contributed by atoms with Gasteiger partial charge < -0.3 is 10.7 Å². The molecule has 4 heteroatoms. The average Bonchev–Trinajstić information content (AvgIpc) is 2.91. The van der Waals surface area contributed by atoms with E-state index < -0.39 is 0 Å². The Bertz CT molecular complexity index is 856. The van der Waals surface area contributed by atoms with E-state index in [0.29, 0.717) is 27.8 Å². The molecule has 0 saturated carbocycles. The number of nitrogens with one attached hydrogen (secondary N) is 1. The predicted molar refractivity (Wildman–Crippen MR) is 77.3 cm³/mol. The van der Waals surface area contributed by atoms with Gasteiger partial charge >= 0.3 is 0 Å². The minimum absolute atomic E-state index is 0.183. The minimum atomic E-state index is -0.183. The van der Waals surface area contributed by atoms with E-state index in [4.69, 9.17) is 5.73 Å². The molecule has 3 N–H and O–H groups in total. The van der Waals surface area contributed by atoms with Crippen LogP contribution in [0.2, 0.25) is 0 Å². The summed E-state index contributed by atoms with van der Waals surface area (Å²) in [4.78, 5) is 15.6. The Morgan fingerprint density at radius 1 is 1.10 bits per heavy atom. The van der Waals surface area contributed by atoms with E-state index in [0.717, 1.165) is 5.52 Å². The Morgan fingerprint density at radius 2 is 1.90 bits per heavy atom. The maximum absolute atomic E-state index is 12.6. The maximum Gasteiger partial charge on any atom is 0.197 e. The molecule has 96 valence electrons. The monoisotopic (exact) mass is 261 g/mol. The SMILES string of the molecule is N#Cc1cccc2[nH]cc(C(=O)c3ccccc3N)c12. The zero-order valence-corrected chi connectivity index (χ0v) is 10.6. The lowest BCUT2D eigenvalue weighted by molar-refractivity contribution is 0.104. The first-order valence-electron chi connectivity index (χ1n) is 6.12. The summed E-state index contributed by atoms with van der Waals surface area (Å²) >= 11 is 0. The van der Waals surface area contributed by atoms with Crippen molar-refractivity contribution in [1.29, 1.82) is 5.26 Å². The molecule has 0 aliphatic rings. The highest BCUT2D eigenvalue weighted by atomic mass is 16.1. The second-order valence-electron chi connectivity index (χ2n) is 4.46. The van der Waals surface area contributed by atoms with Crippen LogP contribution in [0, 0.1) is 11.3 Å². The third kappa shape index (κ3) is 1.73. The lowest BCUT2D eigenvalue weighted by Crippen LogP contribution is -2.04. The van der Waals surface area contributed by atoms with Crippen molar-refractivity contribution in [3.05, 3.63) is 65.4 Å². The van der Waals surface area contributed by atoms with E-state index in [9.17, 15) is 10.1 Å². The van der Waals surface area contributed by atoms with Gasteiger partial charge in [0.2, 0.25) is 0 Å². The zero-order chi connectivity index (χ0) is 14.1. The van der Waals surface area contributed by atoms with E-state index in [2.05, 4.69) is 11.1 Å². The molecule has 0 radical (unpaired) electrons. The van der Waals surface area contributed by atoms with E-state index in [1.807, 2.05) is 6.07 Å². The molecule has 0 aliphatic carbocycles. The number of ketones is 1. The van der Waals surface area contributed by atoms with Crippen LogP contribution in [0.5, 0.6) is 0 Å². The average molecular weight is 261 g/mol. The first kappa shape index (κ1) is 12.0. The Morgan fingerprint density at radius 3 is 2.65 bits per heavy atom. The molecule has 3 aromatic rings. The molecule has 0 unspecified atom stereocenters. The number of carbonyl (C=O) groups excluding carboxylic acids is 1. The third-order valence-corrected chi connectivity index (χ3v) is 3.28. The van der Waals surface area contributed by atoms with Crippen molar-refractivity contribution >= 4 is 22.4 Å². The number of rotatable bonds is 2. The van der Waals surface area contributed by atoms with Crippen molar-refractivity contribution in [2.45, 2.75) is 0 Å². The largest absolute Gasteiger partial charge is 0.398 e. The Labute approximate surface area is 115 Å². The fourth-order valence-electron chi connectivity index (χ4n) is 2.31. The van der Waals surface area contributed by atoms with Crippen molar-refractivity contribution in [3.63, 3.8) is 0 Å². The van der Waals surface area contributed by atoms with Gasteiger partial charge in [-0.2, -0.15) is 5.26 Å². The van der Waals surface area contributed by atoms with Crippen LogP contribution in [0.1, 0.15) is 21.5 Å². The summed E-state index contributed by atoms with van der Waals surface area (Å²) in [6, 6.07) is 14.3. The number of benzene rings is 2. The molecule has 3 rings (SSSR count). The van der Waals surface area contributed by atoms with Crippen LogP contribution in [0.15, 0.2) is 48.7 Å². The number of H-pyrrole nitrogens is 1. The van der Waals surface area contributed by atoms with Gasteiger partial charge in [0, 0.05) is 33.9 Å². The van der Waals surface area contributed by atoms with Gasteiger partial charge in [-0.25, -0.2) is 0 Å². The minimum Gasteiger partial charge on any atom is -0.398 e. The Kier molecular flexibility index (Phi) is 2.73. The molecule has 0 bridgehead atoms. The molecule has 0 spiro atoms. The summed E-state index contributed by atoms with van der Waals surface area (Å²) < 4.78 is 0. The first-order valence-corrected chi connectivity index (χ1v) is 6.12. The number of fused-ring (bicyclic) bond motifs is 1. The first-order chi connectivity index (χ1) is 9.72. The number of aromatic amines is 1. The summed E-state index contributed by atoms with van der Waals surface area (Å²) in [7, 11) is 0. The highest BCUT2D eigenvalue weighted by Crippen LogP contribution is 2.26. The second-order valence-corrected chi connectivity index (χ2v) is 4.46. The Hall–Kier alpha value is -3.06. The summed E-state index contributed by atoms with van der Waals surface area (Å²) in [5.74, 6) is -0.183. The van der Waals surface area contributed by atoms with Gasteiger partial charge in [-0.05, 0) is 24.3 Å². The third-order valence-electron chi connectivity index (χ3n) is 3.28. The number of para-hydroxylation sites is 1. The van der Waals surface area contributed by atoms with Crippen LogP contribution in [0.25, 0.3) is 10.9 Å². The Balaban J connectivity index is 2.24. The van der Waals surface area contributed by atoms with Crippen LogP contribution in [-0.4, -0.2) is 10.8 Å². The predicted octanol–water partition coefficient (Wildman–Crippen LogP) is 2.85. The van der Waals surface area contributed by atoms with E-state index in [1.54, 1.807) is 42.6 Å². The summed E-state index contributed by atoms with van der Waals surface area (Å²) in [5.41, 5.74) is 8.43. The van der Waals surface area contributed by atoms with Crippen molar-refractivity contribution in [3.8, 4) is 6.07 Å². The lowest BCUT2D eigenvalue weighted by atomic mass is 9.99. The summed E-state index contributed by atoms with van der Waals surface area (Å²) in [5, 5.41) is 9.83. The van der Waals surface area contributed by atoms with Crippen molar-refractivity contribution in [2.75, 3.05) is 5.73 Å². The molecule has 2 aromatic carbocycles. The zero-order valence-electron chi connectivity index (χ0n) is 10.6. The number of nitrogen functional groups attached to an aromatic ring is 1. The van der Waals surface area contributed by atoms with E-state index >= 15 is 0 Å². The van der Waals surface area contributed by atoms with Gasteiger partial charge in [-0.1, -0.05) is 18.2 Å². The number of nitriles is 1. The molecule has 0 atom stereocenters. The quantitative estimate of drug-likeness (QED) is 0.549. The molecule has 20 heavy (non-hydrogen) atoms. The number of carbonyl (C=O) groups is 1. The number of nitrogens with zero attached hydrogens (tertiary/aromatic N) is 1. The topological polar surface area (TPSA) is 82.7 Å². The van der Waals surface area contributed by atoms with Crippen LogP contribution in [0.3, 0.4) is 0 Å². The number of anilines is 1. The highest BCUT2D eigenvalue weighted by molar-refractivity contribution is 6.19. The fourth-order valence-corrected chi connectivity index (χ4v) is 2.31. The summed E-state index contributed by atoms with van der Waals surface area (Å²) in [6.07, 6.45) is 1.63. The van der Waals surface area contributed by atoms with Gasteiger partial charge in [-0.15, -0.1) is 0 Å². The number of aromatic nitrogens is 1. The van der Waals surface area contributed by atoms with Crippen LogP contribution >= 0.6 is 0 Å². The molecule has 0 fully saturated rings. The molecule has 1 aromatic heterocycles. The van der Waals surface area contributed by atoms with Crippen LogP contribution < -0.4 is 5.73 Å². The van der Waals surface area contributed by atoms with Gasteiger partial charge in [0.1, 0.15) is 0 Å². The van der Waals surface area contributed by atoms with Gasteiger partial charge in [0.25, 0.3) is 0 Å². The molecule has 0 amide bonds. The molecular formula is C16H11N3O. The van der Waals surface area contributed by atoms with Gasteiger partial charge in [-0.3, -0.25) is 4.79 Å². The number of hydrogen-bond donors (Lipinski definition) is 2. The summed E-state index contributed by atoms with van der Waals surface area (Å²) in [6.45, 7) is 0. The van der Waals surface area contributed by atoms with Crippen LogP contribution in [-0.2, 0) is 0 Å². The normalized spacial score (nSPS) is 10.3. The standard InChI is InChI=1S/C16H11N3O/c17-8-10-4-3-7-14-15(10)12(9-19-14)16(20)11-5-1-2-6-13(11)18/h1-7,9,19H,18H2. The molecule has 0 aliphatic heterocycles. The number of nitrogens with two attached hydrogens (primary N) is 1. The smallest absolute Gasteiger partial charge is 0.197 e. The second kappa shape index (κ2) is 4.56. The lowest BCUT2D eigenvalue weighted by Gasteiger charge is -2.04. The van der Waals surface area contributed by atoms with E-state index in [-0.39, 0.29) is 5.78 Å². The maximum atomic E-state index is 12.6. The molecular weight excluding hydrogens is 250 g/mol. The molecule has 1 heterocycles. The molecule has 4 nitrogen and oxygen atoms in total. The van der Waals surface area contributed by atoms with Crippen LogP contribution in [0.4, 0.5) is 5.69 Å². The van der Waals surface area contributed by atoms with Crippen molar-refractivity contribution < 1.29 is 4.79 Å². The van der Waals surface area contributed by atoms with Gasteiger partial charge in [0.15, 0.2) is 5.78 Å². The van der Waals surface area contributed by atoms with E-state index in [1.165, 1.54) is 0 Å². The highest BCUT2D eigenvalue weighted by Gasteiger charge is 2.18. The van der Waals surface area contributed by atoms with Gasteiger partial charge in [0.05, 0.1) is 11.6 Å². The van der Waals surface area contributed by atoms with Crippen molar-refractivity contribution in [2.24, 2.45) is 0 Å². The fraction of sp³-hybridized carbons (Fsp3) is 0. The number of hydrogen-bond acceptors (Lipinski definition) is 3. The van der Waals surface area contributed by atoms with Crippen molar-refractivity contribution in [1.82, 2.24) is 4.98 Å².